The molecule has 2 aromatic rings. The lowest BCUT2D eigenvalue weighted by molar-refractivity contribution is 0.0699. The number of carboxylic acids is 1. The highest BCUT2D eigenvalue weighted by molar-refractivity contribution is 6.03. The van der Waals surface area contributed by atoms with Crippen LogP contribution in [-0.2, 0) is 7.05 Å². The van der Waals surface area contributed by atoms with Gasteiger partial charge in [-0.2, -0.15) is 0 Å². The van der Waals surface area contributed by atoms with E-state index in [-0.39, 0.29) is 11.3 Å². The zero-order valence-electron chi connectivity index (χ0n) is 7.56. The number of phenols is 1. The fourth-order valence-corrected chi connectivity index (χ4v) is 1.54. The Kier molecular flexibility index (Phi) is 1.70. The van der Waals surface area contributed by atoms with Gasteiger partial charge >= 0.3 is 5.97 Å². The molecule has 0 unspecified atom stereocenters. The van der Waals surface area contributed by atoms with Crippen LogP contribution in [0.4, 0.5) is 0 Å². The first-order chi connectivity index (χ1) is 6.59. The summed E-state index contributed by atoms with van der Waals surface area (Å²) in [6, 6.07) is 4.63. The second-order valence-electron chi connectivity index (χ2n) is 3.16. The largest absolute Gasteiger partial charge is 0.508 e. The summed E-state index contributed by atoms with van der Waals surface area (Å²) in [7, 11) is 1.74. The van der Waals surface area contributed by atoms with Gasteiger partial charge in [0.1, 0.15) is 5.75 Å². The van der Waals surface area contributed by atoms with Crippen LogP contribution in [0, 0.1) is 0 Å². The minimum absolute atomic E-state index is 0.135. The topological polar surface area (TPSA) is 62.5 Å². The van der Waals surface area contributed by atoms with Gasteiger partial charge in [0.25, 0.3) is 0 Å². The van der Waals surface area contributed by atoms with Gasteiger partial charge in [-0.15, -0.1) is 0 Å². The number of carboxylic acid groups (broad SMARTS) is 1. The predicted octanol–water partition coefficient (Wildman–Crippen LogP) is 1.58. The van der Waals surface area contributed by atoms with Crippen molar-refractivity contribution >= 4 is 16.9 Å². The van der Waals surface area contributed by atoms with Crippen molar-refractivity contribution in [2.75, 3.05) is 0 Å². The van der Waals surface area contributed by atoms with E-state index in [0.717, 1.165) is 0 Å². The maximum absolute atomic E-state index is 10.8. The Morgan fingerprint density at radius 2 is 2.14 bits per heavy atom. The van der Waals surface area contributed by atoms with Gasteiger partial charge in [0, 0.05) is 24.7 Å². The van der Waals surface area contributed by atoms with Gasteiger partial charge in [-0.1, -0.05) is 0 Å². The highest BCUT2D eigenvalue weighted by Gasteiger charge is 2.12. The van der Waals surface area contributed by atoms with Crippen LogP contribution in [0.1, 0.15) is 10.4 Å². The van der Waals surface area contributed by atoms with Gasteiger partial charge in [0.2, 0.25) is 0 Å². The number of rotatable bonds is 1. The summed E-state index contributed by atoms with van der Waals surface area (Å²) in [5, 5.41) is 18.8. The van der Waals surface area contributed by atoms with Gasteiger partial charge in [-0.25, -0.2) is 4.79 Å². The predicted molar refractivity (Wildman–Crippen MR) is 51.5 cm³/mol. The van der Waals surface area contributed by atoms with Crippen LogP contribution in [0.5, 0.6) is 5.75 Å². The standard InChI is InChI=1S/C10H9NO3/c1-11-5-8(10(13)14)7-3-2-6(12)4-9(7)11/h2-5,12H,1H3,(H,13,14). The molecular weight excluding hydrogens is 182 g/mol. The first kappa shape index (κ1) is 8.62. The molecule has 2 N–H and O–H groups in total. The molecule has 0 amide bonds. The van der Waals surface area contributed by atoms with Crippen LogP contribution in [0.2, 0.25) is 0 Å². The van der Waals surface area contributed by atoms with Crippen molar-refractivity contribution in [3.05, 3.63) is 30.0 Å². The molecule has 14 heavy (non-hydrogen) atoms. The Hall–Kier alpha value is -1.97. The number of carbonyl (C=O) groups is 1. The van der Waals surface area contributed by atoms with Crippen LogP contribution in [0.15, 0.2) is 24.4 Å². The Balaban J connectivity index is 2.84. The zero-order chi connectivity index (χ0) is 10.3. The normalized spacial score (nSPS) is 10.6. The third-order valence-electron chi connectivity index (χ3n) is 2.20. The summed E-state index contributed by atoms with van der Waals surface area (Å²) in [4.78, 5) is 10.8. The number of aromatic nitrogens is 1. The molecule has 0 spiro atoms. The number of fused-ring (bicyclic) bond motifs is 1. The number of hydrogen-bond acceptors (Lipinski definition) is 2. The highest BCUT2D eigenvalue weighted by atomic mass is 16.4. The minimum atomic E-state index is -0.957. The third-order valence-corrected chi connectivity index (χ3v) is 2.20. The fraction of sp³-hybridized carbons (Fsp3) is 0.100. The first-order valence-electron chi connectivity index (χ1n) is 4.11. The average molecular weight is 191 g/mol. The number of aromatic hydroxyl groups is 1. The van der Waals surface area contributed by atoms with Gasteiger partial charge in [-0.05, 0) is 12.1 Å². The third kappa shape index (κ3) is 1.12. The number of aryl methyl sites for hydroxylation is 1. The Morgan fingerprint density at radius 1 is 1.43 bits per heavy atom. The van der Waals surface area contributed by atoms with E-state index in [2.05, 4.69) is 0 Å². The van der Waals surface area contributed by atoms with E-state index < -0.39 is 5.97 Å². The molecule has 0 aliphatic heterocycles. The van der Waals surface area contributed by atoms with E-state index in [0.29, 0.717) is 10.9 Å². The zero-order valence-corrected chi connectivity index (χ0v) is 7.56. The number of phenolic OH excluding ortho intramolecular Hbond substituents is 1. The van der Waals surface area contributed by atoms with Crippen molar-refractivity contribution in [2.24, 2.45) is 7.05 Å². The molecule has 2 rings (SSSR count). The van der Waals surface area contributed by atoms with Crippen molar-refractivity contribution < 1.29 is 15.0 Å². The van der Waals surface area contributed by atoms with Gasteiger partial charge in [0.05, 0.1) is 11.1 Å². The van der Waals surface area contributed by atoms with E-state index >= 15 is 0 Å². The van der Waals surface area contributed by atoms with Gasteiger partial charge < -0.3 is 14.8 Å². The average Bonchev–Trinajstić information content (AvgIpc) is 2.44. The molecule has 1 aromatic heterocycles. The van der Waals surface area contributed by atoms with Crippen molar-refractivity contribution in [3.8, 4) is 5.75 Å². The lowest BCUT2D eigenvalue weighted by Gasteiger charge is -1.96. The summed E-state index contributed by atoms with van der Waals surface area (Å²) in [6.07, 6.45) is 1.53. The van der Waals surface area contributed by atoms with Crippen LogP contribution in [-0.4, -0.2) is 20.7 Å². The van der Waals surface area contributed by atoms with Crippen molar-refractivity contribution in [1.82, 2.24) is 4.57 Å². The monoisotopic (exact) mass is 191 g/mol. The van der Waals surface area contributed by atoms with E-state index in [1.807, 2.05) is 0 Å². The summed E-state index contributed by atoms with van der Waals surface area (Å²) in [5.41, 5.74) is 0.963. The molecule has 0 radical (unpaired) electrons. The summed E-state index contributed by atoms with van der Waals surface area (Å²) < 4.78 is 1.68. The quantitative estimate of drug-likeness (QED) is 0.719. The molecule has 0 atom stereocenters. The summed E-state index contributed by atoms with van der Waals surface area (Å²) in [5.74, 6) is -0.822. The first-order valence-corrected chi connectivity index (χ1v) is 4.11. The van der Waals surface area contributed by atoms with Crippen LogP contribution in [0.3, 0.4) is 0 Å². The lowest BCUT2D eigenvalue weighted by Crippen LogP contribution is -1.93. The molecule has 4 heteroatoms. The van der Waals surface area contributed by atoms with E-state index in [4.69, 9.17) is 5.11 Å². The van der Waals surface area contributed by atoms with Gasteiger partial charge in [0.15, 0.2) is 0 Å². The number of benzene rings is 1. The molecule has 0 saturated carbocycles. The lowest BCUT2D eigenvalue weighted by atomic mass is 10.2. The minimum Gasteiger partial charge on any atom is -0.508 e. The number of hydrogen-bond donors (Lipinski definition) is 2. The van der Waals surface area contributed by atoms with Crippen LogP contribution >= 0.6 is 0 Å². The molecule has 72 valence electrons. The number of nitrogens with zero attached hydrogens (tertiary/aromatic N) is 1. The Labute approximate surface area is 80.0 Å². The molecule has 1 aromatic carbocycles. The molecular formula is C10H9NO3. The van der Waals surface area contributed by atoms with Crippen LogP contribution < -0.4 is 0 Å². The molecule has 1 heterocycles. The molecule has 4 nitrogen and oxygen atoms in total. The number of aromatic carboxylic acids is 1. The summed E-state index contributed by atoms with van der Waals surface area (Å²) in [6.45, 7) is 0. The SMILES string of the molecule is Cn1cc(C(=O)O)c2ccc(O)cc21. The van der Waals surface area contributed by atoms with Crippen molar-refractivity contribution in [1.29, 1.82) is 0 Å². The van der Waals surface area contributed by atoms with Crippen molar-refractivity contribution in [2.45, 2.75) is 0 Å². The maximum atomic E-state index is 10.8. The Morgan fingerprint density at radius 3 is 2.79 bits per heavy atom. The second kappa shape index (κ2) is 2.77. The van der Waals surface area contributed by atoms with E-state index in [9.17, 15) is 9.90 Å². The smallest absolute Gasteiger partial charge is 0.337 e. The van der Waals surface area contributed by atoms with E-state index in [1.165, 1.54) is 12.3 Å². The Bertz CT molecular complexity index is 513. The molecule has 0 bridgehead atoms. The van der Waals surface area contributed by atoms with E-state index in [1.54, 1.807) is 23.7 Å². The molecule has 0 saturated heterocycles. The summed E-state index contributed by atoms with van der Waals surface area (Å²) >= 11 is 0. The second-order valence-corrected chi connectivity index (χ2v) is 3.16. The molecule has 0 fully saturated rings. The van der Waals surface area contributed by atoms with Gasteiger partial charge in [-0.3, -0.25) is 0 Å². The van der Waals surface area contributed by atoms with Crippen molar-refractivity contribution in [3.63, 3.8) is 0 Å². The maximum Gasteiger partial charge on any atom is 0.337 e. The molecule has 0 aliphatic carbocycles. The fourth-order valence-electron chi connectivity index (χ4n) is 1.54. The molecule has 0 aliphatic rings. The highest BCUT2D eigenvalue weighted by Crippen LogP contribution is 2.24. The van der Waals surface area contributed by atoms with Crippen LogP contribution in [0.25, 0.3) is 10.9 Å².